The van der Waals surface area contributed by atoms with Crippen molar-refractivity contribution in [2.24, 2.45) is 20.0 Å². The molecule has 4 aromatic carbocycles. The van der Waals surface area contributed by atoms with E-state index < -0.39 is 71.9 Å². The second-order valence-electron chi connectivity index (χ2n) is 23.1. The Balaban J connectivity index is 1.34. The molecule has 9 rings (SSSR count). The molecule has 20 nitrogen and oxygen atoms in total. The molecule has 0 aliphatic carbocycles. The van der Waals surface area contributed by atoms with Gasteiger partial charge in [-0.15, -0.1) is 0 Å². The molecule has 0 N–H and O–H groups in total. The Bertz CT molecular complexity index is 3610. The Kier molecular flexibility index (Phi) is 20.3. The number of allylic oxidation sites excluding steroid dienone is 12. The summed E-state index contributed by atoms with van der Waals surface area (Å²) in [5.74, 6) is -4.03. The van der Waals surface area contributed by atoms with E-state index in [4.69, 9.17) is 38.9 Å². The molecule has 472 valence electrons. The van der Waals surface area contributed by atoms with Crippen molar-refractivity contribution in [1.29, 1.82) is 0 Å². The maximum Gasteiger partial charge on any atom is 0.326 e. The molecular weight excluding hydrogens is 1170 g/mol. The summed E-state index contributed by atoms with van der Waals surface area (Å²) in [6.45, 7) is 17.8. The number of carbonyl (C=O) groups is 8. The van der Waals surface area contributed by atoms with Gasteiger partial charge in [0.15, 0.2) is 0 Å². The molecule has 0 spiro atoms. The van der Waals surface area contributed by atoms with Crippen LogP contribution in [0.15, 0.2) is 188 Å². The number of carbonyl (C=O) groups excluding carboxylic acids is 8. The van der Waals surface area contributed by atoms with Crippen LogP contribution in [0.4, 0.5) is 22.7 Å². The lowest BCUT2D eigenvalue weighted by atomic mass is 9.97. The summed E-state index contributed by atoms with van der Waals surface area (Å²) < 4.78 is 21.9. The molecule has 0 saturated heterocycles. The van der Waals surface area contributed by atoms with Crippen molar-refractivity contribution in [1.82, 2.24) is 0 Å². The van der Waals surface area contributed by atoms with E-state index in [0.717, 1.165) is 0 Å². The van der Waals surface area contributed by atoms with E-state index in [1.54, 1.807) is 128 Å². The fourth-order valence-electron chi connectivity index (χ4n) is 10.8. The van der Waals surface area contributed by atoms with Crippen molar-refractivity contribution >= 4 is 115 Å². The van der Waals surface area contributed by atoms with E-state index in [1.807, 2.05) is 72.9 Å². The average Bonchev–Trinajstić information content (AvgIpc) is 1.60. The smallest absolute Gasteiger partial charge is 0.326 e. The summed E-state index contributed by atoms with van der Waals surface area (Å²) in [5, 5.41) is 0. The average molecular weight is 1240 g/mol. The Morgan fingerprint density at radius 1 is 0.315 bits per heavy atom. The van der Waals surface area contributed by atoms with Gasteiger partial charge in [0.2, 0.25) is 23.6 Å². The summed E-state index contributed by atoms with van der Waals surface area (Å²) in [6.07, 6.45) is 13.0. The van der Waals surface area contributed by atoms with E-state index in [-0.39, 0.29) is 26.2 Å². The van der Waals surface area contributed by atoms with Crippen LogP contribution in [0, 0.1) is 0 Å². The minimum absolute atomic E-state index is 0.363. The van der Waals surface area contributed by atoms with Crippen LogP contribution >= 0.6 is 0 Å². The number of rotatable bonds is 20. The van der Waals surface area contributed by atoms with Crippen LogP contribution in [0.1, 0.15) is 105 Å². The molecule has 0 radical (unpaired) electrons. The highest BCUT2D eigenvalue weighted by Crippen LogP contribution is 2.41. The number of anilines is 4. The molecule has 92 heavy (non-hydrogen) atoms. The normalized spacial score (nSPS) is 14.7. The molecule has 0 fully saturated rings. The molecule has 20 heteroatoms. The van der Waals surface area contributed by atoms with Crippen molar-refractivity contribution in [3.63, 3.8) is 0 Å². The zero-order valence-corrected chi connectivity index (χ0v) is 53.5. The molecule has 0 aromatic heterocycles. The van der Waals surface area contributed by atoms with Crippen LogP contribution in [0.3, 0.4) is 0 Å². The van der Waals surface area contributed by atoms with Crippen molar-refractivity contribution in [2.75, 3.05) is 45.8 Å². The Morgan fingerprint density at radius 2 is 0.511 bits per heavy atom. The highest BCUT2D eigenvalue weighted by molar-refractivity contribution is 6.40. The number of hydrogen-bond acceptors (Lipinski definition) is 16. The largest absolute Gasteiger partial charge is 0.462 e. The van der Waals surface area contributed by atoms with Gasteiger partial charge in [0.25, 0.3) is 0 Å². The number of fused-ring (bicyclic) bond motifs is 4. The first-order valence-electron chi connectivity index (χ1n) is 30.2. The number of esters is 4. The van der Waals surface area contributed by atoms with Gasteiger partial charge in [-0.2, -0.15) is 0 Å². The highest BCUT2D eigenvalue weighted by atomic mass is 16.6. The summed E-state index contributed by atoms with van der Waals surface area (Å²) in [4.78, 5) is 133. The molecule has 0 atom stereocenters. The summed E-state index contributed by atoms with van der Waals surface area (Å²) in [7, 11) is 0. The predicted molar refractivity (Wildman–Crippen MR) is 357 cm³/mol. The lowest BCUT2D eigenvalue weighted by molar-refractivity contribution is -0.147. The maximum absolute atomic E-state index is 13.4. The minimum atomic E-state index is -0.599. The zero-order valence-electron chi connectivity index (χ0n) is 53.5. The Morgan fingerprint density at radius 3 is 0.685 bits per heavy atom. The molecule has 4 amide bonds. The van der Waals surface area contributed by atoms with E-state index in [9.17, 15) is 38.4 Å². The molecule has 5 aliphatic rings. The third-order valence-electron chi connectivity index (χ3n) is 14.5. The summed E-state index contributed by atoms with van der Waals surface area (Å²) in [5.41, 5.74) is 9.36. The number of aliphatic imine (C=N–C) groups is 4. The van der Waals surface area contributed by atoms with Gasteiger partial charge in [0, 0.05) is 72.7 Å². The molecular formula is C72H72N8O12. The first-order chi connectivity index (χ1) is 43.8. The van der Waals surface area contributed by atoms with Crippen LogP contribution in [0.25, 0.3) is 22.3 Å². The lowest BCUT2D eigenvalue weighted by Gasteiger charge is -2.22. The Labute approximate surface area is 534 Å². The van der Waals surface area contributed by atoms with E-state index in [2.05, 4.69) is 0 Å². The number of amides is 4. The Hall–Kier alpha value is -10.8. The van der Waals surface area contributed by atoms with E-state index in [1.165, 1.54) is 47.3 Å². The van der Waals surface area contributed by atoms with Crippen molar-refractivity contribution in [3.05, 3.63) is 191 Å². The first kappa shape index (κ1) is 65.7. The number of benzene rings is 4. The zero-order chi connectivity index (χ0) is 66.2. The SMILES string of the molecule is CC(=O)N(CC(=O)OC(C)C)c1cccc(C2=C3C=CC(=N3)C(c3cccc(N(CC(=O)OC(C)C)C(C)=O)c3)=C3C=CC(=N3)C(c3cccc(N(CC(=O)OC(C)C)C(C)=O)c3)=C3C=CC(=N3)C(c3cccc(N(CC(=O)OC(C)C)C(C)=O)c3)=C3C=CC2=N3)c1. The lowest BCUT2D eigenvalue weighted by Crippen LogP contribution is -2.35. The topological polar surface area (TPSA) is 236 Å². The number of hydrogen-bond donors (Lipinski definition) is 0. The fraction of sp³-hybridized carbons (Fsp3) is 0.278. The predicted octanol–water partition coefficient (Wildman–Crippen LogP) is 10.9. The highest BCUT2D eigenvalue weighted by Gasteiger charge is 2.31. The second-order valence-corrected chi connectivity index (χ2v) is 23.1. The van der Waals surface area contributed by atoms with Crippen LogP contribution in [0.5, 0.6) is 0 Å². The van der Waals surface area contributed by atoms with Gasteiger partial charge in [-0.1, -0.05) is 48.5 Å². The molecule has 4 aromatic rings. The van der Waals surface area contributed by atoms with Gasteiger partial charge in [-0.25, -0.2) is 20.0 Å². The van der Waals surface area contributed by atoms with Gasteiger partial charge in [0.05, 0.1) is 70.1 Å². The van der Waals surface area contributed by atoms with Crippen LogP contribution in [-0.4, -0.2) is 121 Å². The monoisotopic (exact) mass is 1240 g/mol. The molecule has 8 bridgehead atoms. The number of nitrogens with zero attached hydrogens (tertiary/aromatic N) is 8. The first-order valence-corrected chi connectivity index (χ1v) is 30.2. The van der Waals surface area contributed by atoms with Gasteiger partial charge in [-0.3, -0.25) is 38.4 Å². The van der Waals surface area contributed by atoms with Crippen molar-refractivity contribution in [3.8, 4) is 0 Å². The van der Waals surface area contributed by atoms with Gasteiger partial charge < -0.3 is 38.5 Å². The maximum atomic E-state index is 13.4. The van der Waals surface area contributed by atoms with E-state index in [0.29, 0.717) is 113 Å². The second kappa shape index (κ2) is 28.4. The van der Waals surface area contributed by atoms with Crippen LogP contribution in [-0.2, 0) is 57.3 Å². The van der Waals surface area contributed by atoms with Gasteiger partial charge >= 0.3 is 23.9 Å². The molecule has 0 unspecified atom stereocenters. The van der Waals surface area contributed by atoms with Crippen LogP contribution in [0.2, 0.25) is 0 Å². The van der Waals surface area contributed by atoms with Crippen molar-refractivity contribution < 1.29 is 57.3 Å². The van der Waals surface area contributed by atoms with E-state index >= 15 is 0 Å². The molecule has 5 heterocycles. The standard InChI is InChI=1S/C72H72N8O12/c1-41(2)89-65(85)37-77(45(9)81)53-21-13-17-49(33-53)69-57-25-27-59(73-57)70(50-18-14-22-54(34-50)78(46(10)82)38-66(86)90-42(3)4)61-29-31-63(75-61)72(52-20-16-24-56(36-52)80(48(12)84)40-68(88)92-44(7)8)64-32-30-62(76-64)71(60-28-26-58(69)74-60)51-19-15-23-55(35-51)79(47(11)83)39-67(87)91-43(5)6/h13-36,41-44H,37-40H2,1-12H3. The molecule has 5 aliphatic heterocycles. The summed E-state index contributed by atoms with van der Waals surface area (Å²) in [6, 6.07) is 28.5. The fourth-order valence-corrected chi connectivity index (χ4v) is 10.8. The molecule has 0 saturated carbocycles. The third-order valence-corrected chi connectivity index (χ3v) is 14.5. The third kappa shape index (κ3) is 15.4. The summed E-state index contributed by atoms with van der Waals surface area (Å²) >= 11 is 0. The van der Waals surface area contributed by atoms with Gasteiger partial charge in [-0.05, 0) is 175 Å². The van der Waals surface area contributed by atoms with Crippen molar-refractivity contribution in [2.45, 2.75) is 108 Å². The quantitative estimate of drug-likeness (QED) is 0.0593. The minimum Gasteiger partial charge on any atom is -0.462 e. The number of ether oxygens (including phenoxy) is 4. The van der Waals surface area contributed by atoms with Crippen LogP contribution < -0.4 is 19.6 Å². The van der Waals surface area contributed by atoms with Gasteiger partial charge in [0.1, 0.15) is 26.2 Å².